The molecule has 3 heterocycles. The summed E-state index contributed by atoms with van der Waals surface area (Å²) in [6.07, 6.45) is 2.11. The van der Waals surface area contributed by atoms with Gasteiger partial charge in [0.15, 0.2) is 9.84 Å². The number of aromatic nitrogens is 2. The lowest BCUT2D eigenvalue weighted by Gasteiger charge is -2.43. The Hall–Kier alpha value is -1.32. The molecule has 2 aliphatic heterocycles. The molecule has 0 saturated carbocycles. The number of nitrogens with zero attached hydrogens (tertiary/aromatic N) is 4. The number of carbonyl (C=O) groups is 1. The van der Waals surface area contributed by atoms with Crippen molar-refractivity contribution in [3.63, 3.8) is 0 Å². The summed E-state index contributed by atoms with van der Waals surface area (Å²) < 4.78 is 28.2. The molecule has 9 heteroatoms. The Balaban J connectivity index is 1.86. The summed E-state index contributed by atoms with van der Waals surface area (Å²) in [5, 5.41) is 3.90. The van der Waals surface area contributed by atoms with Crippen molar-refractivity contribution in [3.05, 3.63) is 22.2 Å². The zero-order chi connectivity index (χ0) is 17.5. The van der Waals surface area contributed by atoms with Gasteiger partial charge in [0.1, 0.15) is 4.88 Å². The Morgan fingerprint density at radius 3 is 2.62 bits per heavy atom. The lowest BCUT2D eigenvalue weighted by molar-refractivity contribution is 0.0371. The first-order valence-electron chi connectivity index (χ1n) is 7.96. The van der Waals surface area contributed by atoms with Crippen LogP contribution in [0.15, 0.2) is 11.6 Å². The number of hydrogen-bond acceptors (Lipinski definition) is 7. The van der Waals surface area contributed by atoms with Gasteiger partial charge in [-0.2, -0.15) is 0 Å². The van der Waals surface area contributed by atoms with Crippen LogP contribution in [-0.4, -0.2) is 76.9 Å². The molecule has 132 valence electrons. The van der Waals surface area contributed by atoms with Crippen LogP contribution in [0.5, 0.6) is 0 Å². The van der Waals surface area contributed by atoms with E-state index in [1.54, 1.807) is 11.8 Å². The maximum Gasteiger partial charge on any atom is 0.267 e. The quantitative estimate of drug-likeness (QED) is 0.730. The van der Waals surface area contributed by atoms with Crippen LogP contribution in [0.2, 0.25) is 0 Å². The molecule has 1 aromatic heterocycles. The topological polar surface area (TPSA) is 83.5 Å². The van der Waals surface area contributed by atoms with Gasteiger partial charge in [0.25, 0.3) is 5.91 Å². The van der Waals surface area contributed by atoms with E-state index in [9.17, 15) is 13.2 Å². The van der Waals surface area contributed by atoms with Gasteiger partial charge in [0.05, 0.1) is 23.2 Å². The van der Waals surface area contributed by atoms with E-state index in [4.69, 9.17) is 0 Å². The number of piperazine rings is 1. The highest BCUT2D eigenvalue weighted by molar-refractivity contribution is 7.91. The second kappa shape index (κ2) is 6.53. The number of amides is 1. The number of aryl methyl sites for hydroxylation is 1. The zero-order valence-electron chi connectivity index (χ0n) is 14.1. The summed E-state index contributed by atoms with van der Waals surface area (Å²) in [6, 6.07) is -0.423. The minimum atomic E-state index is -3.13. The van der Waals surface area contributed by atoms with Gasteiger partial charge in [-0.15, -0.1) is 5.10 Å². The summed E-state index contributed by atoms with van der Waals surface area (Å²) in [5.74, 6) is 0.0225. The molecule has 0 spiro atoms. The lowest BCUT2D eigenvalue weighted by Crippen LogP contribution is -2.60. The summed E-state index contributed by atoms with van der Waals surface area (Å²) in [4.78, 5) is 17.3. The van der Waals surface area contributed by atoms with Gasteiger partial charge in [0.2, 0.25) is 0 Å². The Labute approximate surface area is 146 Å². The molecular formula is C15H22N4O3S2. The van der Waals surface area contributed by atoms with Gasteiger partial charge in [-0.3, -0.25) is 9.69 Å². The molecule has 3 rings (SSSR count). The second-order valence-electron chi connectivity index (χ2n) is 6.67. The third-order valence-corrected chi connectivity index (χ3v) is 7.15. The highest BCUT2D eigenvalue weighted by atomic mass is 32.2. The molecule has 2 atom stereocenters. The van der Waals surface area contributed by atoms with E-state index in [0.29, 0.717) is 23.7 Å². The fraction of sp³-hybridized carbons (Fsp3) is 0.667. The third-order valence-electron chi connectivity index (χ3n) is 4.63. The molecule has 0 unspecified atom stereocenters. The first-order chi connectivity index (χ1) is 11.3. The van der Waals surface area contributed by atoms with Gasteiger partial charge < -0.3 is 4.90 Å². The fourth-order valence-corrected chi connectivity index (χ4v) is 5.99. The number of hydrogen-bond donors (Lipinski definition) is 0. The van der Waals surface area contributed by atoms with Crippen LogP contribution < -0.4 is 0 Å². The van der Waals surface area contributed by atoms with Gasteiger partial charge in [-0.1, -0.05) is 16.1 Å². The summed E-state index contributed by atoms with van der Waals surface area (Å²) in [5.41, 5.74) is 1.81. The van der Waals surface area contributed by atoms with E-state index < -0.39 is 9.84 Å². The van der Waals surface area contributed by atoms with Crippen LogP contribution in [0.4, 0.5) is 0 Å². The molecule has 0 radical (unpaired) electrons. The van der Waals surface area contributed by atoms with E-state index in [-0.39, 0.29) is 29.5 Å². The van der Waals surface area contributed by atoms with Gasteiger partial charge in [0, 0.05) is 25.7 Å². The molecule has 2 aliphatic rings. The van der Waals surface area contributed by atoms with E-state index >= 15 is 0 Å². The Morgan fingerprint density at radius 1 is 1.29 bits per heavy atom. The van der Waals surface area contributed by atoms with Crippen molar-refractivity contribution in [2.75, 3.05) is 31.1 Å². The van der Waals surface area contributed by atoms with Crippen molar-refractivity contribution in [1.82, 2.24) is 19.4 Å². The maximum atomic E-state index is 12.8. The highest BCUT2D eigenvalue weighted by Gasteiger charge is 2.48. The first kappa shape index (κ1) is 17.5. The average Bonchev–Trinajstić information content (AvgIpc) is 3.05. The largest absolute Gasteiger partial charge is 0.331 e. The predicted molar refractivity (Wildman–Crippen MR) is 92.9 cm³/mol. The highest BCUT2D eigenvalue weighted by Crippen LogP contribution is 2.29. The van der Waals surface area contributed by atoms with E-state index in [1.165, 1.54) is 5.57 Å². The molecule has 1 aromatic rings. The first-order valence-corrected chi connectivity index (χ1v) is 10.6. The molecule has 7 nitrogen and oxygen atoms in total. The normalized spacial score (nSPS) is 26.2. The molecule has 0 aliphatic carbocycles. The van der Waals surface area contributed by atoms with Gasteiger partial charge >= 0.3 is 0 Å². The maximum absolute atomic E-state index is 12.8. The Kier molecular flexibility index (Phi) is 4.76. The van der Waals surface area contributed by atoms with Crippen molar-refractivity contribution < 1.29 is 13.2 Å². The number of carbonyl (C=O) groups excluding carboxylic acids is 1. The summed E-state index contributed by atoms with van der Waals surface area (Å²) in [7, 11) is -3.13. The van der Waals surface area contributed by atoms with Crippen molar-refractivity contribution in [1.29, 1.82) is 0 Å². The summed E-state index contributed by atoms with van der Waals surface area (Å²) >= 11 is 1.08. The minimum Gasteiger partial charge on any atom is -0.331 e. The fourth-order valence-electron chi connectivity index (χ4n) is 3.36. The minimum absolute atomic E-state index is 0.0417. The smallest absolute Gasteiger partial charge is 0.267 e. The van der Waals surface area contributed by atoms with Crippen LogP contribution in [0, 0.1) is 6.92 Å². The van der Waals surface area contributed by atoms with Crippen molar-refractivity contribution in [3.8, 4) is 0 Å². The number of fused-ring (bicyclic) bond motifs is 1. The number of rotatable bonds is 3. The van der Waals surface area contributed by atoms with E-state index in [2.05, 4.69) is 20.6 Å². The van der Waals surface area contributed by atoms with E-state index in [1.807, 2.05) is 13.8 Å². The van der Waals surface area contributed by atoms with Crippen LogP contribution in [0.1, 0.15) is 29.2 Å². The standard InChI is InChI=1S/C15H22N4O3S2/c1-10(2)4-5-18-6-7-19(13-9-24(21,22)8-12(13)18)15(20)14-11(3)16-17-23-14/h4,12-13H,5-9H2,1-3H3/t12-,13+/m0/s1. The second-order valence-corrected chi connectivity index (χ2v) is 9.58. The molecule has 24 heavy (non-hydrogen) atoms. The van der Waals surface area contributed by atoms with Gasteiger partial charge in [-0.05, 0) is 32.3 Å². The lowest BCUT2D eigenvalue weighted by atomic mass is 10.0. The molecule has 1 amide bonds. The van der Waals surface area contributed by atoms with Crippen molar-refractivity contribution >= 4 is 27.3 Å². The zero-order valence-corrected chi connectivity index (χ0v) is 15.7. The van der Waals surface area contributed by atoms with Crippen molar-refractivity contribution in [2.24, 2.45) is 0 Å². The van der Waals surface area contributed by atoms with Crippen molar-refractivity contribution in [2.45, 2.75) is 32.9 Å². The molecule has 0 aromatic carbocycles. The van der Waals surface area contributed by atoms with E-state index in [0.717, 1.165) is 18.1 Å². The molecule has 0 bridgehead atoms. The molecular weight excluding hydrogens is 348 g/mol. The molecule has 2 fully saturated rings. The number of sulfone groups is 1. The van der Waals surface area contributed by atoms with Crippen LogP contribution in [0.25, 0.3) is 0 Å². The van der Waals surface area contributed by atoms with Crippen LogP contribution in [-0.2, 0) is 9.84 Å². The summed E-state index contributed by atoms with van der Waals surface area (Å²) in [6.45, 7) is 7.75. The third kappa shape index (κ3) is 3.38. The SMILES string of the molecule is CC(C)=CCN1CCN(C(=O)c2snnc2C)[C@@H]2CS(=O)(=O)C[C@@H]21. The Morgan fingerprint density at radius 2 is 2.00 bits per heavy atom. The van der Waals surface area contributed by atoms with Crippen LogP contribution >= 0.6 is 11.5 Å². The molecule has 2 saturated heterocycles. The predicted octanol–water partition coefficient (Wildman–Crippen LogP) is 0.736. The van der Waals surface area contributed by atoms with Gasteiger partial charge in [-0.25, -0.2) is 8.42 Å². The van der Waals surface area contributed by atoms with Crippen LogP contribution in [0.3, 0.4) is 0 Å². The molecule has 0 N–H and O–H groups in total. The number of allylic oxidation sites excluding steroid dienone is 1. The monoisotopic (exact) mass is 370 g/mol. The Bertz CT molecular complexity index is 767. The average molecular weight is 371 g/mol.